The molecule has 0 aliphatic heterocycles. The maximum Gasteiger partial charge on any atom is 0.333 e. The lowest BCUT2D eigenvalue weighted by molar-refractivity contribution is -0.132. The van der Waals surface area contributed by atoms with Gasteiger partial charge in [-0.3, -0.25) is 0 Å². The van der Waals surface area contributed by atoms with Gasteiger partial charge in [-0.1, -0.05) is 6.92 Å². The molecule has 0 heterocycles. The van der Waals surface area contributed by atoms with E-state index in [0.717, 1.165) is 0 Å². The molecule has 0 spiro atoms. The van der Waals surface area contributed by atoms with E-state index in [0.29, 0.717) is 12.0 Å². The van der Waals surface area contributed by atoms with Gasteiger partial charge in [-0.25, -0.2) is 4.79 Å². The molecule has 0 aliphatic rings. The highest BCUT2D eigenvalue weighted by Crippen LogP contribution is 2.00. The molecule has 0 fully saturated rings. The largest absolute Gasteiger partial charge is 0.478 e. The van der Waals surface area contributed by atoms with E-state index in [4.69, 9.17) is 5.11 Å². The molecule has 0 atom stereocenters. The van der Waals surface area contributed by atoms with Crippen molar-refractivity contribution in [1.29, 1.82) is 0 Å². The number of rotatable bonds is 3. The van der Waals surface area contributed by atoms with E-state index < -0.39 is 5.97 Å². The minimum absolute atomic E-state index is 0. The highest BCUT2D eigenvalue weighted by molar-refractivity contribution is 5.86. The predicted molar refractivity (Wildman–Crippen MR) is 46.9 cm³/mol. The molecule has 0 radical (unpaired) electrons. The quantitative estimate of drug-likeness (QED) is 0.665. The highest BCUT2D eigenvalue weighted by Gasteiger charge is 2.02. The molecule has 0 rings (SSSR count). The lowest BCUT2D eigenvalue weighted by atomic mass is 10.2. The lowest BCUT2D eigenvalue weighted by Crippen LogP contribution is -2.07. The monoisotopic (exact) mass is 179 g/mol. The fourth-order valence-electron chi connectivity index (χ4n) is 0.609. The standard InChI is InChI=1S/C7H13NO2.ClH/c1-4-6(7(9)10)5-8(2)3;/h5H,4H2,1-3H3,(H,9,10);1H. The third-order valence-electron chi connectivity index (χ3n) is 1.07. The molecular formula is C7H14ClNO2. The lowest BCUT2D eigenvalue weighted by Gasteiger charge is -2.05. The van der Waals surface area contributed by atoms with Crippen LogP contribution in [0.15, 0.2) is 11.8 Å². The smallest absolute Gasteiger partial charge is 0.333 e. The summed E-state index contributed by atoms with van der Waals surface area (Å²) in [6, 6.07) is 0. The van der Waals surface area contributed by atoms with Crippen molar-refractivity contribution in [2.75, 3.05) is 14.1 Å². The van der Waals surface area contributed by atoms with Crippen molar-refractivity contribution in [3.63, 3.8) is 0 Å². The summed E-state index contributed by atoms with van der Waals surface area (Å²) in [5, 5.41) is 8.53. The molecule has 0 saturated carbocycles. The van der Waals surface area contributed by atoms with Crippen molar-refractivity contribution in [1.82, 2.24) is 4.90 Å². The fraction of sp³-hybridized carbons (Fsp3) is 0.571. The zero-order chi connectivity index (χ0) is 8.15. The summed E-state index contributed by atoms with van der Waals surface area (Å²) in [4.78, 5) is 12.1. The van der Waals surface area contributed by atoms with Gasteiger partial charge in [0.25, 0.3) is 0 Å². The average molecular weight is 180 g/mol. The summed E-state index contributed by atoms with van der Waals surface area (Å²) in [7, 11) is 3.61. The Hall–Kier alpha value is -0.700. The summed E-state index contributed by atoms with van der Waals surface area (Å²) < 4.78 is 0. The molecule has 0 aliphatic carbocycles. The summed E-state index contributed by atoms with van der Waals surface area (Å²) in [5.41, 5.74) is 0.435. The van der Waals surface area contributed by atoms with Crippen molar-refractivity contribution in [3.8, 4) is 0 Å². The first-order chi connectivity index (χ1) is 4.57. The van der Waals surface area contributed by atoms with Gasteiger partial charge in [-0.15, -0.1) is 12.4 Å². The van der Waals surface area contributed by atoms with Crippen molar-refractivity contribution in [2.24, 2.45) is 0 Å². The molecule has 0 saturated heterocycles. The van der Waals surface area contributed by atoms with Crippen LogP contribution in [0.3, 0.4) is 0 Å². The first-order valence-corrected chi connectivity index (χ1v) is 3.18. The molecule has 3 nitrogen and oxygen atoms in total. The number of nitrogens with zero attached hydrogens (tertiary/aromatic N) is 1. The topological polar surface area (TPSA) is 40.5 Å². The van der Waals surface area contributed by atoms with Crippen molar-refractivity contribution in [2.45, 2.75) is 13.3 Å². The second kappa shape index (κ2) is 6.04. The first kappa shape index (κ1) is 12.9. The van der Waals surface area contributed by atoms with Gasteiger partial charge in [-0.05, 0) is 6.42 Å². The maximum atomic E-state index is 10.4. The van der Waals surface area contributed by atoms with Gasteiger partial charge in [-0.2, -0.15) is 0 Å². The SMILES string of the molecule is CCC(=CN(C)C)C(=O)O.Cl. The summed E-state index contributed by atoms with van der Waals surface area (Å²) >= 11 is 0. The Kier molecular flexibility index (Phi) is 7.10. The predicted octanol–water partition coefficient (Wildman–Crippen LogP) is 1.35. The van der Waals surface area contributed by atoms with Crippen LogP contribution in [-0.4, -0.2) is 30.1 Å². The van der Waals surface area contributed by atoms with Crippen LogP contribution >= 0.6 is 12.4 Å². The molecule has 11 heavy (non-hydrogen) atoms. The molecular weight excluding hydrogens is 166 g/mol. The Balaban J connectivity index is 0. The van der Waals surface area contributed by atoms with E-state index in [1.54, 1.807) is 25.2 Å². The number of carboxylic acids is 1. The van der Waals surface area contributed by atoms with Crippen LogP contribution < -0.4 is 0 Å². The average Bonchev–Trinajstić information content (AvgIpc) is 1.81. The van der Waals surface area contributed by atoms with E-state index >= 15 is 0 Å². The molecule has 0 aromatic rings. The summed E-state index contributed by atoms with van der Waals surface area (Å²) in [5.74, 6) is -0.837. The van der Waals surface area contributed by atoms with Gasteiger partial charge in [0, 0.05) is 20.3 Å². The molecule has 0 aromatic carbocycles. The molecule has 0 bridgehead atoms. The molecule has 66 valence electrons. The fourth-order valence-corrected chi connectivity index (χ4v) is 0.609. The van der Waals surface area contributed by atoms with E-state index in [-0.39, 0.29) is 12.4 Å². The van der Waals surface area contributed by atoms with Crippen LogP contribution in [0.2, 0.25) is 0 Å². The van der Waals surface area contributed by atoms with Crippen LogP contribution in [0.5, 0.6) is 0 Å². The number of aliphatic carboxylic acids is 1. The molecule has 0 unspecified atom stereocenters. The van der Waals surface area contributed by atoms with E-state index in [9.17, 15) is 4.79 Å². The Morgan fingerprint density at radius 1 is 1.55 bits per heavy atom. The van der Waals surface area contributed by atoms with Crippen LogP contribution in [0.4, 0.5) is 0 Å². The third kappa shape index (κ3) is 5.73. The van der Waals surface area contributed by atoms with Crippen molar-refractivity contribution < 1.29 is 9.90 Å². The third-order valence-corrected chi connectivity index (χ3v) is 1.07. The Labute approximate surface area is 73.1 Å². The van der Waals surface area contributed by atoms with E-state index in [1.807, 2.05) is 6.92 Å². The maximum absolute atomic E-state index is 10.4. The molecule has 0 aromatic heterocycles. The number of hydrogen-bond acceptors (Lipinski definition) is 2. The van der Waals surface area contributed by atoms with Crippen LogP contribution in [0.1, 0.15) is 13.3 Å². The van der Waals surface area contributed by atoms with E-state index in [2.05, 4.69) is 0 Å². The minimum Gasteiger partial charge on any atom is -0.478 e. The Morgan fingerprint density at radius 3 is 2.09 bits per heavy atom. The molecule has 0 amide bonds. The number of carboxylic acid groups (broad SMARTS) is 1. The van der Waals surface area contributed by atoms with Gasteiger partial charge in [0.15, 0.2) is 0 Å². The minimum atomic E-state index is -0.837. The van der Waals surface area contributed by atoms with Crippen LogP contribution in [0.25, 0.3) is 0 Å². The number of hydrogen-bond donors (Lipinski definition) is 1. The number of halogens is 1. The zero-order valence-corrected chi connectivity index (χ0v) is 7.81. The highest BCUT2D eigenvalue weighted by atomic mass is 35.5. The van der Waals surface area contributed by atoms with E-state index in [1.165, 1.54) is 0 Å². The van der Waals surface area contributed by atoms with Gasteiger partial charge in [0.2, 0.25) is 0 Å². The van der Waals surface area contributed by atoms with Crippen LogP contribution in [-0.2, 0) is 4.79 Å². The van der Waals surface area contributed by atoms with Gasteiger partial charge >= 0.3 is 5.97 Å². The van der Waals surface area contributed by atoms with Crippen molar-refractivity contribution >= 4 is 18.4 Å². The first-order valence-electron chi connectivity index (χ1n) is 3.18. The summed E-state index contributed by atoms with van der Waals surface area (Å²) in [6.07, 6.45) is 2.18. The molecule has 1 N–H and O–H groups in total. The second-order valence-electron chi connectivity index (χ2n) is 2.28. The van der Waals surface area contributed by atoms with Gasteiger partial charge in [0.05, 0.1) is 5.57 Å². The Bertz CT molecular complexity index is 155. The summed E-state index contributed by atoms with van der Waals surface area (Å²) in [6.45, 7) is 1.82. The molecule has 4 heteroatoms. The second-order valence-corrected chi connectivity index (χ2v) is 2.28. The Morgan fingerprint density at radius 2 is 2.00 bits per heavy atom. The zero-order valence-electron chi connectivity index (χ0n) is 7.00. The normalized spacial score (nSPS) is 10.3. The van der Waals surface area contributed by atoms with Gasteiger partial charge in [0.1, 0.15) is 0 Å². The van der Waals surface area contributed by atoms with Gasteiger partial charge < -0.3 is 10.0 Å². The van der Waals surface area contributed by atoms with Crippen molar-refractivity contribution in [3.05, 3.63) is 11.8 Å². The number of carbonyl (C=O) groups is 1. The van der Waals surface area contributed by atoms with Crippen LogP contribution in [0, 0.1) is 0 Å².